The molecule has 0 aliphatic carbocycles. The molecule has 1 heterocycles. The van der Waals surface area contributed by atoms with Crippen LogP contribution in [0.5, 0.6) is 0 Å². The van der Waals surface area contributed by atoms with Crippen LogP contribution in [0.4, 0.5) is 11.4 Å². The fourth-order valence-corrected chi connectivity index (χ4v) is 4.84. The first-order valence-corrected chi connectivity index (χ1v) is 10.1. The maximum atomic E-state index is 13.6. The quantitative estimate of drug-likeness (QED) is 0.575. The number of benzene rings is 3. The van der Waals surface area contributed by atoms with Crippen LogP contribution in [0.15, 0.2) is 72.8 Å². The second-order valence-corrected chi connectivity index (χ2v) is 8.97. The van der Waals surface area contributed by atoms with Crippen molar-refractivity contribution in [2.45, 2.75) is 45.1 Å². The molecule has 0 bridgehead atoms. The van der Waals surface area contributed by atoms with Gasteiger partial charge in [-0.1, -0.05) is 61.0 Å². The minimum Gasteiger partial charge on any atom is -0.399 e. The van der Waals surface area contributed by atoms with Gasteiger partial charge in [0.2, 0.25) is 0 Å². The Morgan fingerprint density at radius 3 is 2.24 bits per heavy atom. The first-order chi connectivity index (χ1) is 13.7. The zero-order valence-corrected chi connectivity index (χ0v) is 17.6. The van der Waals surface area contributed by atoms with Crippen LogP contribution in [0.1, 0.15) is 54.2 Å². The smallest absolute Gasteiger partial charge is 0.258 e. The number of nitrogens with two attached hydrogens (primary N) is 1. The zero-order valence-electron chi connectivity index (χ0n) is 17.6. The molecule has 1 unspecified atom stereocenters. The molecule has 29 heavy (non-hydrogen) atoms. The third kappa shape index (κ3) is 3.21. The van der Waals surface area contributed by atoms with Gasteiger partial charge in [-0.15, -0.1) is 0 Å². The van der Waals surface area contributed by atoms with E-state index in [1.807, 2.05) is 54.3 Å². The summed E-state index contributed by atoms with van der Waals surface area (Å²) in [5.74, 6) is 0.0111. The molecular formula is C26H28N2O. The lowest BCUT2D eigenvalue weighted by Gasteiger charge is -2.51. The number of rotatable bonds is 2. The third-order valence-corrected chi connectivity index (χ3v) is 6.16. The summed E-state index contributed by atoms with van der Waals surface area (Å²) in [6, 6.07) is 24.3. The summed E-state index contributed by atoms with van der Waals surface area (Å²) in [4.78, 5) is 15.6. The molecule has 3 aromatic rings. The average Bonchev–Trinajstić information content (AvgIpc) is 2.68. The average molecular weight is 385 g/mol. The molecule has 0 aromatic heterocycles. The standard InChI is InChI=1S/C26H28N2O/c1-18-10-12-19(13-11-18)24(29)28-23-16-21(27)14-15-22(23)26(4,17-25(28,2)3)20-8-6-5-7-9-20/h5-16H,17,27H2,1-4H3. The van der Waals surface area contributed by atoms with Crippen molar-refractivity contribution in [3.8, 4) is 0 Å². The van der Waals surface area contributed by atoms with Crippen LogP contribution in [-0.4, -0.2) is 11.4 Å². The monoisotopic (exact) mass is 384 g/mol. The molecule has 4 rings (SSSR count). The molecule has 0 spiro atoms. The highest BCUT2D eigenvalue weighted by atomic mass is 16.2. The Bertz CT molecular complexity index is 1050. The minimum absolute atomic E-state index is 0.0111. The van der Waals surface area contributed by atoms with Gasteiger partial charge in [0.1, 0.15) is 0 Å². The number of anilines is 2. The molecule has 0 radical (unpaired) electrons. The molecule has 1 atom stereocenters. The molecule has 1 amide bonds. The summed E-state index contributed by atoms with van der Waals surface area (Å²) in [6.07, 6.45) is 0.818. The lowest BCUT2D eigenvalue weighted by atomic mass is 9.65. The highest BCUT2D eigenvalue weighted by molar-refractivity contribution is 6.08. The molecule has 2 N–H and O–H groups in total. The second kappa shape index (κ2) is 6.77. The van der Waals surface area contributed by atoms with E-state index in [1.165, 1.54) is 5.56 Å². The van der Waals surface area contributed by atoms with E-state index in [-0.39, 0.29) is 16.9 Å². The van der Waals surface area contributed by atoms with Crippen molar-refractivity contribution in [2.75, 3.05) is 10.6 Å². The number of hydrogen-bond acceptors (Lipinski definition) is 2. The van der Waals surface area contributed by atoms with Crippen molar-refractivity contribution >= 4 is 17.3 Å². The van der Waals surface area contributed by atoms with Crippen molar-refractivity contribution in [3.63, 3.8) is 0 Å². The Morgan fingerprint density at radius 2 is 1.59 bits per heavy atom. The molecule has 1 aliphatic heterocycles. The molecule has 3 aromatic carbocycles. The SMILES string of the molecule is Cc1ccc(C(=O)N2c3cc(N)ccc3C(C)(c3ccccc3)CC2(C)C)cc1. The van der Waals surface area contributed by atoms with Gasteiger partial charge >= 0.3 is 0 Å². The van der Waals surface area contributed by atoms with Crippen molar-refractivity contribution in [1.29, 1.82) is 0 Å². The van der Waals surface area contributed by atoms with Gasteiger partial charge in [-0.3, -0.25) is 4.79 Å². The molecule has 0 saturated carbocycles. The molecular weight excluding hydrogens is 356 g/mol. The number of hydrogen-bond donors (Lipinski definition) is 1. The first kappa shape index (κ1) is 19.3. The number of fused-ring (bicyclic) bond motifs is 1. The van der Waals surface area contributed by atoms with Gasteiger partial charge in [-0.05, 0) is 62.6 Å². The van der Waals surface area contributed by atoms with Crippen LogP contribution in [-0.2, 0) is 5.41 Å². The molecule has 0 fully saturated rings. The van der Waals surface area contributed by atoms with Crippen LogP contribution in [0.25, 0.3) is 0 Å². The van der Waals surface area contributed by atoms with Crippen molar-refractivity contribution in [1.82, 2.24) is 0 Å². The summed E-state index contributed by atoms with van der Waals surface area (Å²) in [7, 11) is 0. The van der Waals surface area contributed by atoms with Gasteiger partial charge in [0.05, 0.1) is 5.69 Å². The van der Waals surface area contributed by atoms with E-state index in [0.29, 0.717) is 11.3 Å². The maximum absolute atomic E-state index is 13.6. The number of nitrogen functional groups attached to an aromatic ring is 1. The van der Waals surface area contributed by atoms with Crippen LogP contribution in [0.2, 0.25) is 0 Å². The predicted octanol–water partition coefficient (Wildman–Crippen LogP) is 5.71. The molecule has 1 aliphatic rings. The largest absolute Gasteiger partial charge is 0.399 e. The van der Waals surface area contributed by atoms with Crippen molar-refractivity contribution in [2.24, 2.45) is 0 Å². The molecule has 3 heteroatoms. The van der Waals surface area contributed by atoms with E-state index >= 15 is 0 Å². The van der Waals surface area contributed by atoms with Crippen molar-refractivity contribution in [3.05, 3.63) is 95.1 Å². The fraction of sp³-hybridized carbons (Fsp3) is 0.269. The van der Waals surface area contributed by atoms with Crippen LogP contribution >= 0.6 is 0 Å². The molecule has 3 nitrogen and oxygen atoms in total. The Hall–Kier alpha value is -3.07. The Balaban J connectivity index is 1.91. The Kier molecular flexibility index (Phi) is 4.49. The normalized spacial score (nSPS) is 20.2. The van der Waals surface area contributed by atoms with Gasteiger partial charge in [0.25, 0.3) is 5.91 Å². The Morgan fingerprint density at radius 1 is 0.931 bits per heavy atom. The number of amides is 1. The van der Waals surface area contributed by atoms with E-state index in [4.69, 9.17) is 5.73 Å². The van der Waals surface area contributed by atoms with Gasteiger partial charge in [0, 0.05) is 22.2 Å². The topological polar surface area (TPSA) is 46.3 Å². The van der Waals surface area contributed by atoms with Gasteiger partial charge in [-0.25, -0.2) is 0 Å². The van der Waals surface area contributed by atoms with E-state index in [9.17, 15) is 4.79 Å². The minimum atomic E-state index is -0.382. The van der Waals surface area contributed by atoms with Gasteiger partial charge in [-0.2, -0.15) is 0 Å². The molecule has 0 saturated heterocycles. The summed E-state index contributed by atoms with van der Waals surface area (Å²) in [6.45, 7) is 8.59. The first-order valence-electron chi connectivity index (χ1n) is 10.1. The summed E-state index contributed by atoms with van der Waals surface area (Å²) in [5.41, 5.74) is 11.4. The summed E-state index contributed by atoms with van der Waals surface area (Å²) in [5, 5.41) is 0. The number of aryl methyl sites for hydroxylation is 1. The maximum Gasteiger partial charge on any atom is 0.258 e. The zero-order chi connectivity index (χ0) is 20.8. The third-order valence-electron chi connectivity index (χ3n) is 6.16. The van der Waals surface area contributed by atoms with Crippen molar-refractivity contribution < 1.29 is 4.79 Å². The molecule has 148 valence electrons. The highest BCUT2D eigenvalue weighted by Crippen LogP contribution is 2.51. The second-order valence-electron chi connectivity index (χ2n) is 8.97. The summed E-state index contributed by atoms with van der Waals surface area (Å²) >= 11 is 0. The lowest BCUT2D eigenvalue weighted by molar-refractivity contribution is 0.0949. The lowest BCUT2D eigenvalue weighted by Crippen LogP contribution is -2.55. The van der Waals surface area contributed by atoms with Crippen LogP contribution in [0, 0.1) is 6.92 Å². The van der Waals surface area contributed by atoms with Crippen LogP contribution in [0.3, 0.4) is 0 Å². The number of carbonyl (C=O) groups is 1. The van der Waals surface area contributed by atoms with Gasteiger partial charge < -0.3 is 10.6 Å². The Labute approximate surface area is 173 Å². The number of carbonyl (C=O) groups excluding carboxylic acids is 1. The number of nitrogens with zero attached hydrogens (tertiary/aromatic N) is 1. The summed E-state index contributed by atoms with van der Waals surface area (Å²) < 4.78 is 0. The van der Waals surface area contributed by atoms with E-state index in [1.54, 1.807) is 0 Å². The van der Waals surface area contributed by atoms with Crippen LogP contribution < -0.4 is 10.6 Å². The van der Waals surface area contributed by atoms with E-state index < -0.39 is 0 Å². The van der Waals surface area contributed by atoms with E-state index in [2.05, 4.69) is 51.1 Å². The van der Waals surface area contributed by atoms with E-state index in [0.717, 1.165) is 23.2 Å². The fourth-order valence-electron chi connectivity index (χ4n) is 4.84. The predicted molar refractivity (Wildman–Crippen MR) is 120 cm³/mol. The highest BCUT2D eigenvalue weighted by Gasteiger charge is 2.47. The van der Waals surface area contributed by atoms with Gasteiger partial charge in [0.15, 0.2) is 0 Å².